The molecule has 1 fully saturated rings. The molecule has 1 aliphatic carbocycles. The highest BCUT2D eigenvalue weighted by Crippen LogP contribution is 2.33. The summed E-state index contributed by atoms with van der Waals surface area (Å²) in [5.74, 6) is -0.391. The quantitative estimate of drug-likeness (QED) is 0.503. The predicted molar refractivity (Wildman–Crippen MR) is 118 cm³/mol. The minimum atomic E-state index is -3.51. The van der Waals surface area contributed by atoms with Gasteiger partial charge in [-0.3, -0.25) is 18.7 Å². The van der Waals surface area contributed by atoms with E-state index < -0.39 is 15.9 Å². The summed E-state index contributed by atoms with van der Waals surface area (Å²) in [6.07, 6.45) is 4.11. The van der Waals surface area contributed by atoms with Gasteiger partial charge in [0.25, 0.3) is 5.91 Å². The van der Waals surface area contributed by atoms with Crippen molar-refractivity contribution in [2.45, 2.75) is 19.8 Å². The van der Waals surface area contributed by atoms with Gasteiger partial charge in [-0.15, -0.1) is 0 Å². The molecule has 1 heterocycles. The lowest BCUT2D eigenvalue weighted by molar-refractivity contribution is -0.117. The summed E-state index contributed by atoms with van der Waals surface area (Å²) in [5, 5.41) is 5.84. The Morgan fingerprint density at radius 3 is 2.58 bits per heavy atom. The van der Waals surface area contributed by atoms with E-state index in [0.717, 1.165) is 23.4 Å². The van der Waals surface area contributed by atoms with E-state index in [9.17, 15) is 18.0 Å². The molecule has 31 heavy (non-hydrogen) atoms. The Morgan fingerprint density at radius 1 is 1.23 bits per heavy atom. The predicted octanol–water partition coefficient (Wildman–Crippen LogP) is 2.25. The number of nitrogens with one attached hydrogen (secondary N) is 3. The Hall–Kier alpha value is -3.18. The molecule has 0 aliphatic heterocycles. The van der Waals surface area contributed by atoms with E-state index in [2.05, 4.69) is 21.1 Å². The first kappa shape index (κ1) is 22.5. The van der Waals surface area contributed by atoms with Crippen LogP contribution in [0.25, 0.3) is 0 Å². The number of benzene rings is 1. The Labute approximate surface area is 181 Å². The van der Waals surface area contributed by atoms with Crippen molar-refractivity contribution in [1.29, 1.82) is 0 Å². The molecular formula is C20H25N5O5S. The summed E-state index contributed by atoms with van der Waals surface area (Å²) >= 11 is 0. The smallest absolute Gasteiger partial charge is 0.278 e. The number of anilines is 4. The fourth-order valence-electron chi connectivity index (χ4n) is 2.75. The van der Waals surface area contributed by atoms with Gasteiger partial charge in [-0.2, -0.15) is 0 Å². The topological polar surface area (TPSA) is 130 Å². The van der Waals surface area contributed by atoms with Crippen LogP contribution in [0.4, 0.5) is 22.9 Å². The minimum Gasteiger partial charge on any atom is -0.353 e. The second kappa shape index (κ2) is 9.31. The maximum Gasteiger partial charge on any atom is 0.278 e. The van der Waals surface area contributed by atoms with Crippen LogP contribution in [-0.4, -0.2) is 45.1 Å². The van der Waals surface area contributed by atoms with E-state index in [0.29, 0.717) is 17.1 Å². The van der Waals surface area contributed by atoms with E-state index in [4.69, 9.17) is 4.84 Å². The number of hydrogen-bond acceptors (Lipinski definition) is 7. The van der Waals surface area contributed by atoms with Gasteiger partial charge in [0.2, 0.25) is 15.9 Å². The SMILES string of the molecule is CCONC(=O)c1cnc(NC(=O)C2CC2)cc1Nc1ccccc1N(C)S(C)(=O)=O. The first-order valence-electron chi connectivity index (χ1n) is 9.73. The van der Waals surface area contributed by atoms with Gasteiger partial charge in [-0.25, -0.2) is 18.9 Å². The van der Waals surface area contributed by atoms with E-state index in [1.807, 2.05) is 0 Å². The summed E-state index contributed by atoms with van der Waals surface area (Å²) < 4.78 is 25.2. The average Bonchev–Trinajstić information content (AvgIpc) is 3.57. The first-order chi connectivity index (χ1) is 14.7. The van der Waals surface area contributed by atoms with Crippen molar-refractivity contribution in [1.82, 2.24) is 10.5 Å². The zero-order valence-electron chi connectivity index (χ0n) is 17.5. The molecule has 1 saturated carbocycles. The zero-order chi connectivity index (χ0) is 22.6. The van der Waals surface area contributed by atoms with E-state index in [1.54, 1.807) is 31.2 Å². The van der Waals surface area contributed by atoms with Crippen molar-refractivity contribution in [2.75, 3.05) is 34.8 Å². The Morgan fingerprint density at radius 2 is 1.94 bits per heavy atom. The van der Waals surface area contributed by atoms with Crippen molar-refractivity contribution in [3.05, 3.63) is 42.1 Å². The molecule has 0 unspecified atom stereocenters. The summed E-state index contributed by atoms with van der Waals surface area (Å²) in [7, 11) is -2.07. The third kappa shape index (κ3) is 5.70. The van der Waals surface area contributed by atoms with Gasteiger partial charge >= 0.3 is 0 Å². The van der Waals surface area contributed by atoms with E-state index >= 15 is 0 Å². The lowest BCUT2D eigenvalue weighted by Gasteiger charge is -2.22. The van der Waals surface area contributed by atoms with Crippen LogP contribution in [0.15, 0.2) is 36.5 Å². The number of rotatable bonds is 9. The number of pyridine rings is 1. The van der Waals surface area contributed by atoms with Gasteiger partial charge in [-0.05, 0) is 31.9 Å². The second-order valence-corrected chi connectivity index (χ2v) is 9.13. The number of hydroxylamine groups is 1. The summed E-state index contributed by atoms with van der Waals surface area (Å²) in [6, 6.07) is 8.29. The van der Waals surface area contributed by atoms with Crippen molar-refractivity contribution in [3.8, 4) is 0 Å². The van der Waals surface area contributed by atoms with Crippen LogP contribution >= 0.6 is 0 Å². The monoisotopic (exact) mass is 447 g/mol. The molecular weight excluding hydrogens is 422 g/mol. The van der Waals surface area contributed by atoms with Crippen LogP contribution in [0.2, 0.25) is 0 Å². The standard InChI is InChI=1S/C20H25N5O5S/c1-4-30-24-20(27)14-12-21-18(23-19(26)13-9-10-13)11-16(14)22-15-7-5-6-8-17(15)25(2)31(3,28)29/h5-8,11-13H,4,9-10H2,1-3H3,(H,24,27)(H2,21,22,23,26). The van der Waals surface area contributed by atoms with Crippen LogP contribution in [0.5, 0.6) is 0 Å². The number of sulfonamides is 1. The van der Waals surface area contributed by atoms with Crippen molar-refractivity contribution in [3.63, 3.8) is 0 Å². The average molecular weight is 448 g/mol. The molecule has 0 spiro atoms. The molecule has 0 radical (unpaired) electrons. The Bertz CT molecular complexity index is 1090. The Balaban J connectivity index is 1.97. The minimum absolute atomic E-state index is 0.0109. The van der Waals surface area contributed by atoms with Gasteiger partial charge in [0.05, 0.1) is 35.5 Å². The van der Waals surface area contributed by atoms with Gasteiger partial charge in [-0.1, -0.05) is 12.1 Å². The lowest BCUT2D eigenvalue weighted by Crippen LogP contribution is -2.26. The molecule has 3 N–H and O–H groups in total. The number of carbonyl (C=O) groups excluding carboxylic acids is 2. The number of hydrogen-bond donors (Lipinski definition) is 3. The fraction of sp³-hybridized carbons (Fsp3) is 0.350. The van der Waals surface area contributed by atoms with Gasteiger partial charge in [0.15, 0.2) is 0 Å². The highest BCUT2D eigenvalue weighted by Gasteiger charge is 2.30. The van der Waals surface area contributed by atoms with Crippen LogP contribution < -0.4 is 20.4 Å². The molecule has 166 valence electrons. The second-order valence-electron chi connectivity index (χ2n) is 7.12. The first-order valence-corrected chi connectivity index (χ1v) is 11.6. The van der Waals surface area contributed by atoms with Gasteiger partial charge < -0.3 is 10.6 Å². The van der Waals surface area contributed by atoms with Gasteiger partial charge in [0, 0.05) is 25.2 Å². The van der Waals surface area contributed by atoms with E-state index in [1.165, 1.54) is 19.3 Å². The van der Waals surface area contributed by atoms with E-state index in [-0.39, 0.29) is 29.8 Å². The molecule has 1 aromatic carbocycles. The lowest BCUT2D eigenvalue weighted by atomic mass is 10.2. The molecule has 10 nitrogen and oxygen atoms in total. The maximum absolute atomic E-state index is 12.5. The molecule has 2 aromatic rings. The summed E-state index contributed by atoms with van der Waals surface area (Å²) in [5.41, 5.74) is 3.64. The molecule has 0 bridgehead atoms. The summed E-state index contributed by atoms with van der Waals surface area (Å²) in [4.78, 5) is 33.8. The highest BCUT2D eigenvalue weighted by molar-refractivity contribution is 7.92. The normalized spacial score (nSPS) is 13.4. The van der Waals surface area contributed by atoms with Crippen molar-refractivity contribution < 1.29 is 22.8 Å². The molecule has 0 saturated heterocycles. The third-order valence-corrected chi connectivity index (χ3v) is 5.86. The zero-order valence-corrected chi connectivity index (χ0v) is 18.3. The van der Waals surface area contributed by atoms with Crippen LogP contribution in [0.1, 0.15) is 30.1 Å². The summed E-state index contributed by atoms with van der Waals surface area (Å²) in [6.45, 7) is 2.00. The van der Waals surface area contributed by atoms with Crippen LogP contribution in [0, 0.1) is 5.92 Å². The molecule has 1 aromatic heterocycles. The number of carbonyl (C=O) groups is 2. The molecule has 2 amide bonds. The van der Waals surface area contributed by atoms with Crippen LogP contribution in [0.3, 0.4) is 0 Å². The van der Waals surface area contributed by atoms with Crippen LogP contribution in [-0.2, 0) is 19.7 Å². The molecule has 0 atom stereocenters. The largest absolute Gasteiger partial charge is 0.353 e. The third-order valence-electron chi connectivity index (χ3n) is 4.67. The number of amides is 2. The highest BCUT2D eigenvalue weighted by atomic mass is 32.2. The number of para-hydroxylation sites is 2. The molecule has 3 rings (SSSR count). The number of nitrogens with zero attached hydrogens (tertiary/aromatic N) is 2. The Kier molecular flexibility index (Phi) is 6.76. The molecule has 1 aliphatic rings. The molecule has 11 heteroatoms. The van der Waals surface area contributed by atoms with Crippen molar-refractivity contribution in [2.24, 2.45) is 5.92 Å². The fourth-order valence-corrected chi connectivity index (χ4v) is 3.27. The van der Waals surface area contributed by atoms with Gasteiger partial charge in [0.1, 0.15) is 5.82 Å². The maximum atomic E-state index is 12.5. The number of aromatic nitrogens is 1. The van der Waals surface area contributed by atoms with Crippen molar-refractivity contribution >= 4 is 44.7 Å².